The highest BCUT2D eigenvalue weighted by Gasteiger charge is 2.37. The van der Waals surface area contributed by atoms with Crippen LogP contribution >= 0.6 is 0 Å². The molecule has 7 aromatic carbocycles. The molecular formula is C47H39N. The molecule has 48 heavy (non-hydrogen) atoms. The third kappa shape index (κ3) is 4.85. The standard InChI is InChI=1S/C47H39N/c1-47(2)43-14-8-13-41(36-10-4-3-5-11-36)46(43)42-28-27-40(31-44(42)47)48(39-26-25-35-9-6-7-12-38(35)30-39)45-29-34-20-19-32-15-17-33(18-16-32)21-23-37(45)24-22-34/h3-18,22,24-31H,19-21,23H2,1-2H3. The van der Waals surface area contributed by atoms with Gasteiger partial charge in [-0.05, 0) is 122 Å². The second-order valence-corrected chi connectivity index (χ2v) is 14.1. The number of benzene rings is 7. The van der Waals surface area contributed by atoms with Crippen LogP contribution in [0.1, 0.15) is 47.2 Å². The van der Waals surface area contributed by atoms with Crippen molar-refractivity contribution >= 4 is 27.8 Å². The summed E-state index contributed by atoms with van der Waals surface area (Å²) in [7, 11) is 0. The molecule has 0 fully saturated rings. The van der Waals surface area contributed by atoms with Gasteiger partial charge in [0.25, 0.3) is 0 Å². The number of anilines is 3. The lowest BCUT2D eigenvalue weighted by Crippen LogP contribution is -2.17. The average Bonchev–Trinajstić information content (AvgIpc) is 3.36. The highest BCUT2D eigenvalue weighted by atomic mass is 15.1. The van der Waals surface area contributed by atoms with Crippen molar-refractivity contribution in [2.24, 2.45) is 0 Å². The predicted octanol–water partition coefficient (Wildman–Crippen LogP) is 12.2. The summed E-state index contributed by atoms with van der Waals surface area (Å²) in [6.07, 6.45) is 4.07. The lowest BCUT2D eigenvalue weighted by Gasteiger charge is -2.30. The summed E-state index contributed by atoms with van der Waals surface area (Å²) in [6.45, 7) is 4.79. The van der Waals surface area contributed by atoms with E-state index < -0.39 is 0 Å². The monoisotopic (exact) mass is 617 g/mol. The second kappa shape index (κ2) is 11.4. The molecule has 0 saturated heterocycles. The zero-order valence-electron chi connectivity index (χ0n) is 27.7. The quantitative estimate of drug-likeness (QED) is 0.190. The molecule has 5 aliphatic rings. The Hall–Kier alpha value is -5.40. The van der Waals surface area contributed by atoms with Crippen molar-refractivity contribution in [2.45, 2.75) is 44.9 Å². The van der Waals surface area contributed by atoms with Crippen LogP contribution in [0.5, 0.6) is 0 Å². The zero-order valence-corrected chi connectivity index (χ0v) is 27.7. The normalized spacial score (nSPS) is 14.3. The molecule has 0 radical (unpaired) electrons. The molecule has 0 heterocycles. The summed E-state index contributed by atoms with van der Waals surface area (Å²) in [5, 5.41) is 2.52. The van der Waals surface area contributed by atoms with Crippen LogP contribution in [0, 0.1) is 0 Å². The average molecular weight is 618 g/mol. The number of rotatable bonds is 4. The molecule has 0 saturated carbocycles. The lowest BCUT2D eigenvalue weighted by molar-refractivity contribution is 0.660. The highest BCUT2D eigenvalue weighted by molar-refractivity contribution is 5.95. The summed E-state index contributed by atoms with van der Waals surface area (Å²) < 4.78 is 0. The van der Waals surface area contributed by atoms with Crippen LogP contribution in [-0.4, -0.2) is 0 Å². The molecule has 0 amide bonds. The van der Waals surface area contributed by atoms with Gasteiger partial charge in [-0.2, -0.15) is 0 Å². The van der Waals surface area contributed by atoms with Gasteiger partial charge in [-0.3, -0.25) is 0 Å². The number of fused-ring (bicyclic) bond motifs is 4. The second-order valence-electron chi connectivity index (χ2n) is 14.1. The van der Waals surface area contributed by atoms with E-state index in [-0.39, 0.29) is 5.41 Å². The Kier molecular flexibility index (Phi) is 6.83. The summed E-state index contributed by atoms with van der Waals surface area (Å²) in [6, 6.07) is 57.1. The van der Waals surface area contributed by atoms with Gasteiger partial charge in [-0.15, -0.1) is 0 Å². The number of aryl methyl sites for hydroxylation is 4. The zero-order chi connectivity index (χ0) is 32.2. The molecule has 4 bridgehead atoms. The maximum atomic E-state index is 2.54. The van der Waals surface area contributed by atoms with Crippen LogP contribution in [0.4, 0.5) is 17.1 Å². The van der Waals surface area contributed by atoms with Crippen molar-refractivity contribution in [3.05, 3.63) is 185 Å². The fourth-order valence-electron chi connectivity index (χ4n) is 8.14. The van der Waals surface area contributed by atoms with Gasteiger partial charge in [0.2, 0.25) is 0 Å². The van der Waals surface area contributed by atoms with Gasteiger partial charge in [0.05, 0.1) is 0 Å². The topological polar surface area (TPSA) is 3.24 Å². The van der Waals surface area contributed by atoms with Crippen molar-refractivity contribution < 1.29 is 0 Å². The molecule has 0 N–H and O–H groups in total. The maximum absolute atomic E-state index is 2.54. The van der Waals surface area contributed by atoms with E-state index >= 15 is 0 Å². The molecule has 0 aliphatic heterocycles. The minimum absolute atomic E-state index is 0.131. The maximum Gasteiger partial charge on any atom is 0.0496 e. The molecule has 5 aliphatic carbocycles. The fourth-order valence-corrected chi connectivity index (χ4v) is 8.14. The summed E-state index contributed by atoms with van der Waals surface area (Å²) >= 11 is 0. The number of hydrogen-bond donors (Lipinski definition) is 0. The SMILES string of the molecule is CC1(C)c2cc(N(c3ccc4ccccc4c3)c3cc4ccc3CCc3ccc(cc3)CC4)ccc2-c2c(-c3ccccc3)cccc21. The highest BCUT2D eigenvalue weighted by Crippen LogP contribution is 2.54. The van der Waals surface area contributed by atoms with Gasteiger partial charge in [-0.1, -0.05) is 135 Å². The molecule has 0 atom stereocenters. The fraction of sp³-hybridized carbons (Fsp3) is 0.149. The van der Waals surface area contributed by atoms with Gasteiger partial charge in [0.15, 0.2) is 0 Å². The number of nitrogens with zero attached hydrogens (tertiary/aromatic N) is 1. The number of hydrogen-bond acceptors (Lipinski definition) is 1. The smallest absolute Gasteiger partial charge is 0.0496 e. The van der Waals surface area contributed by atoms with Gasteiger partial charge in [0, 0.05) is 22.5 Å². The molecule has 1 nitrogen and oxygen atoms in total. The molecule has 0 spiro atoms. The Morgan fingerprint density at radius 2 is 1.12 bits per heavy atom. The van der Waals surface area contributed by atoms with Crippen molar-refractivity contribution in [3.63, 3.8) is 0 Å². The molecule has 7 aromatic rings. The van der Waals surface area contributed by atoms with Gasteiger partial charge < -0.3 is 4.90 Å². The summed E-state index contributed by atoms with van der Waals surface area (Å²) in [4.78, 5) is 2.54. The van der Waals surface area contributed by atoms with Crippen molar-refractivity contribution in [1.29, 1.82) is 0 Å². The first-order chi connectivity index (χ1) is 23.5. The summed E-state index contributed by atoms with van der Waals surface area (Å²) in [5.41, 5.74) is 17.2. The van der Waals surface area contributed by atoms with Crippen molar-refractivity contribution in [3.8, 4) is 22.3 Å². The van der Waals surface area contributed by atoms with E-state index in [1.807, 2.05) is 0 Å². The molecule has 1 heteroatoms. The minimum Gasteiger partial charge on any atom is -0.310 e. The van der Waals surface area contributed by atoms with E-state index in [1.54, 1.807) is 0 Å². The van der Waals surface area contributed by atoms with Crippen LogP contribution in [0.15, 0.2) is 152 Å². The molecule has 0 unspecified atom stereocenters. The largest absolute Gasteiger partial charge is 0.310 e. The Bertz CT molecular complexity index is 2310. The molecule has 12 rings (SSSR count). The van der Waals surface area contributed by atoms with E-state index in [0.717, 1.165) is 25.7 Å². The molecular weight excluding hydrogens is 579 g/mol. The van der Waals surface area contributed by atoms with Gasteiger partial charge >= 0.3 is 0 Å². The minimum atomic E-state index is -0.131. The third-order valence-electron chi connectivity index (χ3n) is 10.8. The summed E-state index contributed by atoms with van der Waals surface area (Å²) in [5.74, 6) is 0. The first kappa shape index (κ1) is 28.8. The van der Waals surface area contributed by atoms with E-state index in [2.05, 4.69) is 170 Å². The van der Waals surface area contributed by atoms with Crippen molar-refractivity contribution in [2.75, 3.05) is 4.90 Å². The van der Waals surface area contributed by atoms with E-state index in [1.165, 1.54) is 83.5 Å². The van der Waals surface area contributed by atoms with E-state index in [9.17, 15) is 0 Å². The Morgan fingerprint density at radius 3 is 1.94 bits per heavy atom. The van der Waals surface area contributed by atoms with Gasteiger partial charge in [0.1, 0.15) is 0 Å². The van der Waals surface area contributed by atoms with Crippen LogP contribution in [0.2, 0.25) is 0 Å². The Labute approximate surface area is 284 Å². The van der Waals surface area contributed by atoms with Crippen molar-refractivity contribution in [1.82, 2.24) is 0 Å². The first-order valence-electron chi connectivity index (χ1n) is 17.4. The van der Waals surface area contributed by atoms with Crippen LogP contribution in [0.25, 0.3) is 33.0 Å². The third-order valence-corrected chi connectivity index (χ3v) is 10.8. The Morgan fingerprint density at radius 1 is 0.458 bits per heavy atom. The van der Waals surface area contributed by atoms with E-state index in [4.69, 9.17) is 0 Å². The molecule has 0 aromatic heterocycles. The van der Waals surface area contributed by atoms with E-state index in [0.29, 0.717) is 0 Å². The van der Waals surface area contributed by atoms with Gasteiger partial charge in [-0.25, -0.2) is 0 Å². The predicted molar refractivity (Wildman–Crippen MR) is 203 cm³/mol. The first-order valence-corrected chi connectivity index (χ1v) is 17.4. The van der Waals surface area contributed by atoms with Crippen LogP contribution in [0.3, 0.4) is 0 Å². The Balaban J connectivity index is 1.24. The van der Waals surface area contributed by atoms with Crippen LogP contribution in [-0.2, 0) is 31.1 Å². The molecule has 232 valence electrons. The van der Waals surface area contributed by atoms with Crippen LogP contribution < -0.4 is 4.90 Å². The lowest BCUT2D eigenvalue weighted by atomic mass is 9.81.